The molecule has 3 N–H and O–H groups in total. The zero-order valence-electron chi connectivity index (χ0n) is 15.4. The second-order valence-electron chi connectivity index (χ2n) is 7.10. The summed E-state index contributed by atoms with van der Waals surface area (Å²) in [7, 11) is 0. The molecular weight excluding hydrogens is 387 g/mol. The molecule has 3 aromatic heterocycles. The third-order valence-corrected chi connectivity index (χ3v) is 5.00. The van der Waals surface area contributed by atoms with E-state index < -0.39 is 12.7 Å². The van der Waals surface area contributed by atoms with Crippen molar-refractivity contribution in [2.45, 2.75) is 43.9 Å². The van der Waals surface area contributed by atoms with Crippen LogP contribution in [0.4, 0.5) is 13.2 Å². The monoisotopic (exact) mass is 407 g/mol. The number of hydrogen-bond acceptors (Lipinski definition) is 5. The Bertz CT molecular complexity index is 975. The predicted octanol–water partition coefficient (Wildman–Crippen LogP) is 2.34. The molecule has 1 aliphatic carbocycles. The van der Waals surface area contributed by atoms with Gasteiger partial charge in [-0.1, -0.05) is 0 Å². The topological polar surface area (TPSA) is 101 Å². The fraction of sp³-hybridized carbons (Fsp3) is 0.444. The Morgan fingerprint density at radius 3 is 2.66 bits per heavy atom. The van der Waals surface area contributed by atoms with Crippen LogP contribution in [-0.4, -0.2) is 55.2 Å². The van der Waals surface area contributed by atoms with Crippen LogP contribution in [0.15, 0.2) is 31.0 Å². The standard InChI is InChI=1S/C18H20F3N7O/c19-18(20,21)9-24-11-1-3-12(4-2-11)25-16(29)15-14-13(5-6-23-14)26-17(27-15)28-8-7-22-10-28/h5-8,10-12,23-24H,1-4,9H2,(H,25,29)/t11-,12+. The zero-order chi connectivity index (χ0) is 20.4. The van der Waals surface area contributed by atoms with Crippen molar-refractivity contribution in [2.75, 3.05) is 6.54 Å². The maximum atomic E-state index is 12.9. The normalized spacial score (nSPS) is 20.1. The summed E-state index contributed by atoms with van der Waals surface area (Å²) >= 11 is 0. The highest BCUT2D eigenvalue weighted by Gasteiger charge is 2.30. The van der Waals surface area contributed by atoms with Crippen LogP contribution < -0.4 is 10.6 Å². The van der Waals surface area contributed by atoms with Crippen molar-refractivity contribution in [1.29, 1.82) is 0 Å². The molecule has 3 heterocycles. The molecule has 8 nitrogen and oxygen atoms in total. The Hall–Kier alpha value is -2.95. The minimum Gasteiger partial charge on any atom is -0.358 e. The lowest BCUT2D eigenvalue weighted by Gasteiger charge is -2.30. The summed E-state index contributed by atoms with van der Waals surface area (Å²) in [6.45, 7) is -0.989. The maximum Gasteiger partial charge on any atom is 0.401 e. The van der Waals surface area contributed by atoms with Crippen molar-refractivity contribution in [3.8, 4) is 5.95 Å². The van der Waals surface area contributed by atoms with E-state index in [0.717, 1.165) is 0 Å². The van der Waals surface area contributed by atoms with Crippen LogP contribution in [0.2, 0.25) is 0 Å². The fourth-order valence-corrected chi connectivity index (χ4v) is 3.55. The average Bonchev–Trinajstić information content (AvgIpc) is 3.37. The number of fused-ring (bicyclic) bond motifs is 1. The van der Waals surface area contributed by atoms with Crippen molar-refractivity contribution < 1.29 is 18.0 Å². The van der Waals surface area contributed by atoms with Gasteiger partial charge in [0.2, 0.25) is 5.95 Å². The molecule has 3 aromatic rings. The van der Waals surface area contributed by atoms with E-state index in [-0.39, 0.29) is 23.7 Å². The Kier molecular flexibility index (Phi) is 5.22. The first-order valence-electron chi connectivity index (χ1n) is 9.33. The van der Waals surface area contributed by atoms with Crippen molar-refractivity contribution in [2.24, 2.45) is 0 Å². The van der Waals surface area contributed by atoms with E-state index >= 15 is 0 Å². The number of halogens is 3. The molecular formula is C18H20F3N7O. The van der Waals surface area contributed by atoms with E-state index in [1.54, 1.807) is 35.6 Å². The number of nitrogens with zero attached hydrogens (tertiary/aromatic N) is 4. The van der Waals surface area contributed by atoms with Crippen LogP contribution in [0, 0.1) is 0 Å². The van der Waals surface area contributed by atoms with Crippen molar-refractivity contribution in [1.82, 2.24) is 35.1 Å². The number of aromatic nitrogens is 5. The van der Waals surface area contributed by atoms with Gasteiger partial charge in [0, 0.05) is 30.7 Å². The van der Waals surface area contributed by atoms with Gasteiger partial charge in [0.1, 0.15) is 6.33 Å². The van der Waals surface area contributed by atoms with Gasteiger partial charge in [-0.2, -0.15) is 13.2 Å². The van der Waals surface area contributed by atoms with Gasteiger partial charge in [0.05, 0.1) is 17.6 Å². The smallest absolute Gasteiger partial charge is 0.358 e. The molecule has 0 unspecified atom stereocenters. The SMILES string of the molecule is O=C(N[C@H]1CC[C@@H](NCC(F)(F)F)CC1)c1nc(-n2ccnc2)nc2cc[nH]c12. The Balaban J connectivity index is 1.43. The van der Waals surface area contributed by atoms with Crippen LogP contribution in [0.1, 0.15) is 36.2 Å². The van der Waals surface area contributed by atoms with Crippen molar-refractivity contribution >= 4 is 16.9 Å². The lowest BCUT2D eigenvalue weighted by molar-refractivity contribution is -0.126. The second-order valence-corrected chi connectivity index (χ2v) is 7.10. The second kappa shape index (κ2) is 7.82. The van der Waals surface area contributed by atoms with E-state index in [4.69, 9.17) is 0 Å². The molecule has 0 saturated heterocycles. The highest BCUT2D eigenvalue weighted by Crippen LogP contribution is 2.22. The molecule has 4 rings (SSSR count). The summed E-state index contributed by atoms with van der Waals surface area (Å²) in [6.07, 6.45) is 4.65. The number of carbonyl (C=O) groups excluding carboxylic acids is 1. The molecule has 1 amide bonds. The first-order valence-corrected chi connectivity index (χ1v) is 9.33. The molecule has 1 fully saturated rings. The minimum absolute atomic E-state index is 0.108. The summed E-state index contributed by atoms with van der Waals surface area (Å²) in [5.74, 6) is -0.00674. The Labute approximate surface area is 163 Å². The van der Waals surface area contributed by atoms with E-state index in [2.05, 4.69) is 30.6 Å². The van der Waals surface area contributed by atoms with Gasteiger partial charge in [0.25, 0.3) is 5.91 Å². The molecule has 0 aromatic carbocycles. The number of nitrogens with one attached hydrogen (secondary N) is 3. The van der Waals surface area contributed by atoms with Crippen LogP contribution in [0.3, 0.4) is 0 Å². The third-order valence-electron chi connectivity index (χ3n) is 5.00. The molecule has 0 bridgehead atoms. The molecule has 0 spiro atoms. The number of H-pyrrole nitrogens is 1. The van der Waals surface area contributed by atoms with Crippen LogP contribution in [0.25, 0.3) is 17.0 Å². The maximum absolute atomic E-state index is 12.9. The number of imidazole rings is 1. The molecule has 1 saturated carbocycles. The van der Waals surface area contributed by atoms with Gasteiger partial charge in [-0.3, -0.25) is 9.36 Å². The molecule has 1 aliphatic rings. The van der Waals surface area contributed by atoms with Gasteiger partial charge in [0.15, 0.2) is 5.69 Å². The number of alkyl halides is 3. The average molecular weight is 407 g/mol. The summed E-state index contributed by atoms with van der Waals surface area (Å²) in [5.41, 5.74) is 1.36. The number of hydrogen-bond donors (Lipinski definition) is 3. The van der Waals surface area contributed by atoms with Gasteiger partial charge >= 0.3 is 6.18 Å². The summed E-state index contributed by atoms with van der Waals surface area (Å²) in [5, 5.41) is 5.50. The number of aromatic amines is 1. The molecule has 0 radical (unpaired) electrons. The predicted molar refractivity (Wildman–Crippen MR) is 98.6 cm³/mol. The molecule has 0 aliphatic heterocycles. The fourth-order valence-electron chi connectivity index (χ4n) is 3.55. The van der Waals surface area contributed by atoms with Gasteiger partial charge in [-0.15, -0.1) is 0 Å². The molecule has 11 heteroatoms. The Morgan fingerprint density at radius 2 is 1.97 bits per heavy atom. The van der Waals surface area contributed by atoms with E-state index in [1.165, 1.54) is 0 Å². The highest BCUT2D eigenvalue weighted by molar-refractivity contribution is 6.03. The lowest BCUT2D eigenvalue weighted by atomic mass is 9.91. The van der Waals surface area contributed by atoms with Gasteiger partial charge in [-0.25, -0.2) is 15.0 Å². The summed E-state index contributed by atoms with van der Waals surface area (Å²) in [4.78, 5) is 28.6. The summed E-state index contributed by atoms with van der Waals surface area (Å²) in [6, 6.07) is 1.46. The number of amides is 1. The molecule has 154 valence electrons. The quantitative estimate of drug-likeness (QED) is 0.603. The lowest BCUT2D eigenvalue weighted by Crippen LogP contribution is -2.44. The highest BCUT2D eigenvalue weighted by atomic mass is 19.4. The first-order chi connectivity index (χ1) is 13.9. The van der Waals surface area contributed by atoms with Crippen LogP contribution in [-0.2, 0) is 0 Å². The zero-order valence-corrected chi connectivity index (χ0v) is 15.4. The number of carbonyl (C=O) groups is 1. The van der Waals surface area contributed by atoms with Crippen LogP contribution in [0.5, 0.6) is 0 Å². The molecule has 29 heavy (non-hydrogen) atoms. The largest absolute Gasteiger partial charge is 0.401 e. The summed E-state index contributed by atoms with van der Waals surface area (Å²) < 4.78 is 38.6. The van der Waals surface area contributed by atoms with Gasteiger partial charge in [-0.05, 0) is 31.7 Å². The van der Waals surface area contributed by atoms with Crippen molar-refractivity contribution in [3.05, 3.63) is 36.7 Å². The van der Waals surface area contributed by atoms with Gasteiger partial charge < -0.3 is 15.6 Å². The Morgan fingerprint density at radius 1 is 1.21 bits per heavy atom. The van der Waals surface area contributed by atoms with E-state index in [0.29, 0.717) is 42.7 Å². The van der Waals surface area contributed by atoms with Crippen molar-refractivity contribution in [3.63, 3.8) is 0 Å². The van der Waals surface area contributed by atoms with Crippen LogP contribution >= 0.6 is 0 Å². The van der Waals surface area contributed by atoms with E-state index in [9.17, 15) is 18.0 Å². The minimum atomic E-state index is -4.22. The third kappa shape index (κ3) is 4.56. The van der Waals surface area contributed by atoms with E-state index in [1.807, 2.05) is 0 Å². The molecule has 0 atom stereocenters. The first kappa shape index (κ1) is 19.4. The number of rotatable bonds is 5.